The van der Waals surface area contributed by atoms with E-state index in [0.29, 0.717) is 23.4 Å². The third-order valence-electron chi connectivity index (χ3n) is 4.83. The molecule has 0 aliphatic rings. The quantitative estimate of drug-likeness (QED) is 0.180. The smallest absolute Gasteiger partial charge is 0.356 e. The molecule has 0 bridgehead atoms. The van der Waals surface area contributed by atoms with Crippen molar-refractivity contribution in [3.8, 4) is 0 Å². The SMILES string of the molecule is O=[N+]([O-])c1ccccc1CO[SiH](OCc1ccccc1[N+](=O)[O-])c1ccccc1CCCl. The van der Waals surface area contributed by atoms with Crippen molar-refractivity contribution in [2.45, 2.75) is 19.6 Å². The summed E-state index contributed by atoms with van der Waals surface area (Å²) in [4.78, 5) is 21.8. The Labute approximate surface area is 191 Å². The van der Waals surface area contributed by atoms with Gasteiger partial charge in [0.05, 0.1) is 34.2 Å². The lowest BCUT2D eigenvalue weighted by atomic mass is 10.2. The van der Waals surface area contributed by atoms with Crippen LogP contribution in [-0.4, -0.2) is 25.0 Å². The minimum atomic E-state index is -2.61. The predicted octanol–water partition coefficient (Wildman–Crippen LogP) is 4.15. The topological polar surface area (TPSA) is 105 Å². The number of nitrogens with zero attached hydrogens (tertiary/aromatic N) is 2. The van der Waals surface area contributed by atoms with E-state index in [1.54, 1.807) is 36.4 Å². The monoisotopic (exact) mass is 472 g/mol. The summed E-state index contributed by atoms with van der Waals surface area (Å²) in [5.41, 5.74) is 1.75. The van der Waals surface area contributed by atoms with Crippen LogP contribution in [0.5, 0.6) is 0 Å². The van der Waals surface area contributed by atoms with E-state index in [9.17, 15) is 20.2 Å². The first kappa shape index (κ1) is 23.5. The van der Waals surface area contributed by atoms with E-state index in [4.69, 9.17) is 20.5 Å². The second-order valence-corrected chi connectivity index (χ2v) is 9.19. The Balaban J connectivity index is 1.87. The summed E-state index contributed by atoms with van der Waals surface area (Å²) in [5, 5.41) is 23.5. The summed E-state index contributed by atoms with van der Waals surface area (Å²) in [6, 6.07) is 20.3. The second kappa shape index (κ2) is 11.5. The van der Waals surface area contributed by atoms with E-state index in [1.807, 2.05) is 24.3 Å². The third kappa shape index (κ3) is 5.98. The van der Waals surface area contributed by atoms with Gasteiger partial charge in [0.15, 0.2) is 0 Å². The number of rotatable bonds is 11. The van der Waals surface area contributed by atoms with Gasteiger partial charge in [0.1, 0.15) is 0 Å². The molecule has 3 rings (SSSR count). The molecule has 0 unspecified atom stereocenters. The van der Waals surface area contributed by atoms with E-state index in [2.05, 4.69) is 0 Å². The van der Waals surface area contributed by atoms with E-state index >= 15 is 0 Å². The van der Waals surface area contributed by atoms with Crippen molar-refractivity contribution in [1.82, 2.24) is 0 Å². The van der Waals surface area contributed by atoms with Crippen molar-refractivity contribution in [1.29, 1.82) is 0 Å². The summed E-state index contributed by atoms with van der Waals surface area (Å²) in [6.45, 7) is -0.0275. The molecule has 0 aromatic heterocycles. The highest BCUT2D eigenvalue weighted by molar-refractivity contribution is 6.61. The third-order valence-corrected chi connectivity index (χ3v) is 7.03. The number of nitro groups is 2. The predicted molar refractivity (Wildman–Crippen MR) is 123 cm³/mol. The average Bonchev–Trinajstić information content (AvgIpc) is 2.80. The van der Waals surface area contributed by atoms with Crippen molar-refractivity contribution in [3.63, 3.8) is 0 Å². The second-order valence-electron chi connectivity index (χ2n) is 6.86. The van der Waals surface area contributed by atoms with Gasteiger partial charge in [-0.15, -0.1) is 11.6 Å². The molecule has 0 saturated heterocycles. The zero-order chi connectivity index (χ0) is 22.9. The standard InChI is InChI=1S/C22H21ClN2O6Si/c23-14-13-17-7-3-6-12-22(17)32(30-15-18-8-1-4-10-20(18)24(26)27)31-16-19-9-2-5-11-21(19)25(28)29/h1-12,32H,13-16H2. The summed E-state index contributed by atoms with van der Waals surface area (Å²) < 4.78 is 12.2. The Morgan fingerprint density at radius 2 is 1.16 bits per heavy atom. The lowest BCUT2D eigenvalue weighted by Crippen LogP contribution is -2.39. The van der Waals surface area contributed by atoms with Gasteiger partial charge in [0, 0.05) is 18.0 Å². The highest BCUT2D eigenvalue weighted by Crippen LogP contribution is 2.21. The number of alkyl halides is 1. The Kier molecular flexibility index (Phi) is 8.46. The Hall–Kier alpha value is -3.11. The molecular weight excluding hydrogens is 452 g/mol. The molecular formula is C22H21ClN2O6Si. The minimum Gasteiger partial charge on any atom is -0.388 e. The molecule has 0 fully saturated rings. The van der Waals surface area contributed by atoms with Gasteiger partial charge < -0.3 is 8.85 Å². The Bertz CT molecular complexity index is 1040. The molecule has 0 atom stereocenters. The number of aryl methyl sites for hydroxylation is 1. The van der Waals surface area contributed by atoms with Gasteiger partial charge in [-0.1, -0.05) is 48.5 Å². The highest BCUT2D eigenvalue weighted by Gasteiger charge is 2.24. The first-order valence-electron chi connectivity index (χ1n) is 9.82. The van der Waals surface area contributed by atoms with E-state index in [1.165, 1.54) is 12.1 Å². The molecule has 166 valence electrons. The van der Waals surface area contributed by atoms with Crippen LogP contribution in [0.25, 0.3) is 0 Å². The van der Waals surface area contributed by atoms with Crippen LogP contribution in [0.15, 0.2) is 72.8 Å². The molecule has 0 amide bonds. The number of para-hydroxylation sites is 2. The maximum atomic E-state index is 11.3. The van der Waals surface area contributed by atoms with E-state index < -0.39 is 19.1 Å². The van der Waals surface area contributed by atoms with Gasteiger partial charge in [-0.2, -0.15) is 0 Å². The van der Waals surface area contributed by atoms with Crippen molar-refractivity contribution >= 4 is 37.4 Å². The van der Waals surface area contributed by atoms with Crippen LogP contribution in [0.4, 0.5) is 11.4 Å². The molecule has 0 aliphatic heterocycles. The molecule has 10 heteroatoms. The summed E-state index contributed by atoms with van der Waals surface area (Å²) in [6.07, 6.45) is 0.602. The fourth-order valence-corrected chi connectivity index (χ4v) is 5.41. The molecule has 0 saturated carbocycles. The maximum absolute atomic E-state index is 11.3. The zero-order valence-electron chi connectivity index (χ0n) is 17.1. The first-order valence-corrected chi connectivity index (χ1v) is 11.9. The average molecular weight is 473 g/mol. The fourth-order valence-electron chi connectivity index (χ4n) is 3.27. The normalized spacial score (nSPS) is 10.9. The van der Waals surface area contributed by atoms with Crippen LogP contribution in [0.1, 0.15) is 16.7 Å². The van der Waals surface area contributed by atoms with Crippen molar-refractivity contribution in [3.05, 3.63) is 110 Å². The van der Waals surface area contributed by atoms with Gasteiger partial charge in [-0.25, -0.2) is 0 Å². The number of hydrogen-bond acceptors (Lipinski definition) is 6. The van der Waals surface area contributed by atoms with Crippen molar-refractivity contribution in [2.24, 2.45) is 0 Å². The molecule has 0 N–H and O–H groups in total. The number of hydrogen-bond donors (Lipinski definition) is 0. The van der Waals surface area contributed by atoms with Crippen LogP contribution < -0.4 is 5.19 Å². The van der Waals surface area contributed by atoms with Gasteiger partial charge >= 0.3 is 9.28 Å². The van der Waals surface area contributed by atoms with Crippen LogP contribution in [0, 0.1) is 20.2 Å². The molecule has 3 aromatic carbocycles. The van der Waals surface area contributed by atoms with E-state index in [-0.39, 0.29) is 24.6 Å². The molecule has 0 radical (unpaired) electrons. The van der Waals surface area contributed by atoms with Gasteiger partial charge in [-0.3, -0.25) is 20.2 Å². The number of nitro benzene ring substituents is 2. The van der Waals surface area contributed by atoms with E-state index in [0.717, 1.165) is 10.8 Å². The van der Waals surface area contributed by atoms with Gasteiger partial charge in [-0.05, 0) is 29.3 Å². The Morgan fingerprint density at radius 3 is 1.62 bits per heavy atom. The van der Waals surface area contributed by atoms with Crippen molar-refractivity contribution < 1.29 is 18.7 Å². The maximum Gasteiger partial charge on any atom is 0.356 e. The zero-order valence-corrected chi connectivity index (χ0v) is 19.0. The van der Waals surface area contributed by atoms with Crippen LogP contribution in [0.2, 0.25) is 0 Å². The van der Waals surface area contributed by atoms with Gasteiger partial charge in [0.25, 0.3) is 11.4 Å². The van der Waals surface area contributed by atoms with Gasteiger partial charge in [0.2, 0.25) is 0 Å². The molecule has 32 heavy (non-hydrogen) atoms. The highest BCUT2D eigenvalue weighted by atomic mass is 35.5. The fraction of sp³-hybridized carbons (Fsp3) is 0.182. The number of benzene rings is 3. The Morgan fingerprint density at radius 1 is 0.719 bits per heavy atom. The molecule has 8 nitrogen and oxygen atoms in total. The summed E-state index contributed by atoms with van der Waals surface area (Å²) >= 11 is 5.95. The lowest BCUT2D eigenvalue weighted by molar-refractivity contribution is -0.385. The van der Waals surface area contributed by atoms with Crippen LogP contribution >= 0.6 is 11.6 Å². The molecule has 0 spiro atoms. The first-order chi connectivity index (χ1) is 15.5. The largest absolute Gasteiger partial charge is 0.388 e. The van der Waals surface area contributed by atoms with Crippen LogP contribution in [-0.2, 0) is 28.5 Å². The summed E-state index contributed by atoms with van der Waals surface area (Å²) in [5.74, 6) is 0.409. The van der Waals surface area contributed by atoms with Crippen molar-refractivity contribution in [2.75, 3.05) is 5.88 Å². The number of halogens is 1. The minimum absolute atomic E-state index is 0.0138. The van der Waals surface area contributed by atoms with Crippen LogP contribution in [0.3, 0.4) is 0 Å². The molecule has 0 aliphatic carbocycles. The molecule has 0 heterocycles. The lowest BCUT2D eigenvalue weighted by Gasteiger charge is -2.20. The molecule has 3 aromatic rings. The summed E-state index contributed by atoms with van der Waals surface area (Å²) in [7, 11) is -2.61.